The summed E-state index contributed by atoms with van der Waals surface area (Å²) in [6.07, 6.45) is 1.33. The van der Waals surface area contributed by atoms with Gasteiger partial charge in [-0.3, -0.25) is 9.10 Å². The Morgan fingerprint density at radius 3 is 2.52 bits per heavy atom. The minimum atomic E-state index is -3.51. The third-order valence-electron chi connectivity index (χ3n) is 5.16. The SMILES string of the molecule is CCOC(=O)C(CC1CN(S(C)(=O)=O)c2ccc(OC)cc21)NC(=O)c1ccccc1. The molecule has 1 heterocycles. The van der Waals surface area contributed by atoms with E-state index >= 15 is 0 Å². The standard InChI is InChI=1S/C22H26N2O6S/c1-4-30-22(26)19(23-21(25)15-8-6-5-7-9-15)12-16-14-24(31(3,27)28)20-11-10-17(29-2)13-18(16)20/h5-11,13,16,19H,4,12,14H2,1-3H3,(H,23,25). The van der Waals surface area contributed by atoms with Gasteiger partial charge in [0.15, 0.2) is 0 Å². The molecule has 0 radical (unpaired) electrons. The summed E-state index contributed by atoms with van der Waals surface area (Å²) in [5.74, 6) is -0.707. The normalized spacial score (nSPS) is 16.4. The van der Waals surface area contributed by atoms with Gasteiger partial charge in [0.1, 0.15) is 11.8 Å². The number of anilines is 1. The number of carbonyl (C=O) groups excluding carboxylic acids is 2. The van der Waals surface area contributed by atoms with E-state index in [1.54, 1.807) is 55.5 Å². The summed E-state index contributed by atoms with van der Waals surface area (Å²) in [5.41, 5.74) is 1.71. The van der Waals surface area contributed by atoms with Crippen molar-refractivity contribution in [3.63, 3.8) is 0 Å². The van der Waals surface area contributed by atoms with E-state index in [1.807, 2.05) is 0 Å². The molecule has 2 unspecified atom stereocenters. The van der Waals surface area contributed by atoms with Crippen LogP contribution >= 0.6 is 0 Å². The van der Waals surface area contributed by atoms with Crippen molar-refractivity contribution >= 4 is 27.6 Å². The molecule has 1 amide bonds. The molecule has 0 saturated heterocycles. The van der Waals surface area contributed by atoms with Gasteiger partial charge in [-0.2, -0.15) is 0 Å². The van der Waals surface area contributed by atoms with Crippen molar-refractivity contribution in [3.8, 4) is 5.75 Å². The zero-order valence-electron chi connectivity index (χ0n) is 17.7. The lowest BCUT2D eigenvalue weighted by atomic mass is 9.93. The molecule has 1 N–H and O–H groups in total. The second-order valence-corrected chi connectivity index (χ2v) is 9.20. The van der Waals surface area contributed by atoms with Crippen LogP contribution in [0.1, 0.15) is 35.2 Å². The number of sulfonamides is 1. The number of fused-ring (bicyclic) bond motifs is 1. The van der Waals surface area contributed by atoms with E-state index < -0.39 is 27.9 Å². The molecule has 0 bridgehead atoms. The number of rotatable bonds is 8. The third-order valence-corrected chi connectivity index (χ3v) is 6.31. The van der Waals surface area contributed by atoms with Gasteiger partial charge in [0.05, 0.1) is 25.7 Å². The van der Waals surface area contributed by atoms with Gasteiger partial charge in [0.2, 0.25) is 10.0 Å². The number of amides is 1. The molecular weight excluding hydrogens is 420 g/mol. The molecule has 9 heteroatoms. The van der Waals surface area contributed by atoms with Gasteiger partial charge in [-0.25, -0.2) is 13.2 Å². The average molecular weight is 447 g/mol. The van der Waals surface area contributed by atoms with Gasteiger partial charge in [0, 0.05) is 18.0 Å². The van der Waals surface area contributed by atoms with Gasteiger partial charge in [0.25, 0.3) is 5.91 Å². The lowest BCUT2D eigenvalue weighted by Crippen LogP contribution is -2.43. The molecule has 166 valence electrons. The smallest absolute Gasteiger partial charge is 0.328 e. The Morgan fingerprint density at radius 1 is 1.19 bits per heavy atom. The topological polar surface area (TPSA) is 102 Å². The van der Waals surface area contributed by atoms with Crippen molar-refractivity contribution in [2.75, 3.05) is 30.8 Å². The fourth-order valence-corrected chi connectivity index (χ4v) is 4.67. The maximum atomic E-state index is 12.7. The summed E-state index contributed by atoms with van der Waals surface area (Å²) in [7, 11) is -1.98. The molecule has 3 rings (SSSR count). The van der Waals surface area contributed by atoms with Gasteiger partial charge < -0.3 is 14.8 Å². The number of carbonyl (C=O) groups is 2. The number of benzene rings is 2. The van der Waals surface area contributed by atoms with Crippen LogP contribution in [-0.2, 0) is 19.6 Å². The lowest BCUT2D eigenvalue weighted by Gasteiger charge is -2.21. The second kappa shape index (κ2) is 9.38. The first kappa shape index (κ1) is 22.6. The number of ether oxygens (including phenoxy) is 2. The fourth-order valence-electron chi connectivity index (χ4n) is 3.70. The minimum absolute atomic E-state index is 0.165. The molecule has 31 heavy (non-hydrogen) atoms. The quantitative estimate of drug-likeness (QED) is 0.625. The minimum Gasteiger partial charge on any atom is -0.497 e. The van der Waals surface area contributed by atoms with E-state index in [-0.39, 0.29) is 25.5 Å². The van der Waals surface area contributed by atoms with Gasteiger partial charge >= 0.3 is 5.97 Å². The molecule has 1 aliphatic rings. The molecule has 2 aromatic rings. The zero-order valence-corrected chi connectivity index (χ0v) is 18.5. The molecule has 8 nitrogen and oxygen atoms in total. The zero-order chi connectivity index (χ0) is 22.6. The highest BCUT2D eigenvalue weighted by Gasteiger charge is 2.37. The Hall–Kier alpha value is -3.07. The van der Waals surface area contributed by atoms with Gasteiger partial charge in [-0.05, 0) is 49.2 Å². The van der Waals surface area contributed by atoms with Crippen LogP contribution in [0.25, 0.3) is 0 Å². The van der Waals surface area contributed by atoms with Crippen LogP contribution in [0.15, 0.2) is 48.5 Å². The highest BCUT2D eigenvalue weighted by Crippen LogP contribution is 2.42. The van der Waals surface area contributed by atoms with E-state index in [2.05, 4.69) is 5.32 Å². The van der Waals surface area contributed by atoms with E-state index in [0.29, 0.717) is 17.0 Å². The highest BCUT2D eigenvalue weighted by atomic mass is 32.2. The Morgan fingerprint density at radius 2 is 1.90 bits per heavy atom. The van der Waals surface area contributed by atoms with Crippen molar-refractivity contribution in [1.82, 2.24) is 5.32 Å². The largest absolute Gasteiger partial charge is 0.497 e. The number of nitrogens with one attached hydrogen (secondary N) is 1. The molecule has 2 atom stereocenters. The summed E-state index contributed by atoms with van der Waals surface area (Å²) in [5, 5.41) is 2.75. The summed E-state index contributed by atoms with van der Waals surface area (Å²) in [4.78, 5) is 25.3. The first-order valence-electron chi connectivity index (χ1n) is 9.92. The summed E-state index contributed by atoms with van der Waals surface area (Å²) in [6.45, 7) is 2.02. The van der Waals surface area contributed by atoms with Crippen LogP contribution in [-0.4, -0.2) is 52.9 Å². The molecule has 2 aromatic carbocycles. The maximum absolute atomic E-state index is 12.7. The number of nitrogens with zero attached hydrogens (tertiary/aromatic N) is 1. The molecule has 0 aromatic heterocycles. The predicted molar refractivity (Wildman–Crippen MR) is 117 cm³/mol. The molecule has 0 fully saturated rings. The van der Waals surface area contributed by atoms with Crippen LogP contribution in [0.4, 0.5) is 5.69 Å². The van der Waals surface area contributed by atoms with Crippen LogP contribution in [0, 0.1) is 0 Å². The lowest BCUT2D eigenvalue weighted by molar-refractivity contribution is -0.145. The predicted octanol–water partition coefficient (Wildman–Crippen LogP) is 2.31. The highest BCUT2D eigenvalue weighted by molar-refractivity contribution is 7.92. The summed E-state index contributed by atoms with van der Waals surface area (Å²) < 4.78 is 36.4. The van der Waals surface area contributed by atoms with Crippen molar-refractivity contribution in [1.29, 1.82) is 0 Å². The average Bonchev–Trinajstić information content (AvgIpc) is 3.12. The fraction of sp³-hybridized carbons (Fsp3) is 0.364. The Labute approximate surface area is 182 Å². The van der Waals surface area contributed by atoms with Gasteiger partial charge in [-0.15, -0.1) is 0 Å². The molecule has 0 spiro atoms. The number of hydrogen-bond donors (Lipinski definition) is 1. The van der Waals surface area contributed by atoms with Crippen LogP contribution in [0.3, 0.4) is 0 Å². The van der Waals surface area contributed by atoms with Crippen molar-refractivity contribution < 1.29 is 27.5 Å². The number of esters is 1. The molecular formula is C22H26N2O6S. The van der Waals surface area contributed by atoms with Crippen molar-refractivity contribution in [2.45, 2.75) is 25.3 Å². The van der Waals surface area contributed by atoms with Crippen LogP contribution < -0.4 is 14.4 Å². The van der Waals surface area contributed by atoms with E-state index in [0.717, 1.165) is 11.8 Å². The first-order chi connectivity index (χ1) is 14.7. The van der Waals surface area contributed by atoms with E-state index in [1.165, 1.54) is 11.4 Å². The molecule has 1 aliphatic heterocycles. The van der Waals surface area contributed by atoms with Crippen LogP contribution in [0.5, 0.6) is 5.75 Å². The second-order valence-electron chi connectivity index (χ2n) is 7.30. The monoisotopic (exact) mass is 446 g/mol. The summed E-state index contributed by atoms with van der Waals surface area (Å²) in [6, 6.07) is 12.8. The molecule has 0 saturated carbocycles. The Balaban J connectivity index is 1.90. The van der Waals surface area contributed by atoms with Crippen LogP contribution in [0.2, 0.25) is 0 Å². The van der Waals surface area contributed by atoms with E-state index in [4.69, 9.17) is 9.47 Å². The number of hydrogen-bond acceptors (Lipinski definition) is 6. The first-order valence-corrected chi connectivity index (χ1v) is 11.8. The van der Waals surface area contributed by atoms with E-state index in [9.17, 15) is 18.0 Å². The summed E-state index contributed by atoms with van der Waals surface area (Å²) >= 11 is 0. The van der Waals surface area contributed by atoms with Crippen molar-refractivity contribution in [3.05, 3.63) is 59.7 Å². The Kier molecular flexibility index (Phi) is 6.84. The number of methoxy groups -OCH3 is 1. The maximum Gasteiger partial charge on any atom is 0.328 e. The Bertz CT molecular complexity index is 1050. The molecule has 0 aliphatic carbocycles. The van der Waals surface area contributed by atoms with Gasteiger partial charge in [-0.1, -0.05) is 18.2 Å². The van der Waals surface area contributed by atoms with Crippen molar-refractivity contribution in [2.24, 2.45) is 0 Å². The third kappa shape index (κ3) is 5.16.